The molecule has 2 heterocycles. The minimum atomic E-state index is -1.54. The van der Waals surface area contributed by atoms with Gasteiger partial charge in [-0.15, -0.1) is 0 Å². The summed E-state index contributed by atoms with van der Waals surface area (Å²) >= 11 is 0. The van der Waals surface area contributed by atoms with Gasteiger partial charge in [-0.25, -0.2) is 4.79 Å². The lowest BCUT2D eigenvalue weighted by Gasteiger charge is -2.51. The Morgan fingerprint density at radius 2 is 1.84 bits per heavy atom. The Kier molecular flexibility index (Phi) is 6.68. The van der Waals surface area contributed by atoms with E-state index in [1.165, 1.54) is 0 Å². The van der Waals surface area contributed by atoms with Crippen molar-refractivity contribution in [2.45, 2.75) is 81.6 Å². The highest BCUT2D eigenvalue weighted by molar-refractivity contribution is 5.81. The molecule has 3 fully saturated rings. The first-order valence-corrected chi connectivity index (χ1v) is 10.3. The van der Waals surface area contributed by atoms with Gasteiger partial charge in [0.1, 0.15) is 35.6 Å². The molecule has 0 radical (unpaired) electrons. The zero-order valence-corrected chi connectivity index (χ0v) is 17.8. The van der Waals surface area contributed by atoms with E-state index in [-0.39, 0.29) is 13.0 Å². The largest absolute Gasteiger partial charge is 0.478 e. The number of rotatable bonds is 6. The third-order valence-corrected chi connectivity index (χ3v) is 6.84. The summed E-state index contributed by atoms with van der Waals surface area (Å²) in [5, 5.41) is 60.0. The van der Waals surface area contributed by atoms with E-state index in [1.807, 2.05) is 6.92 Å². The monoisotopic (exact) mass is 444 g/mol. The van der Waals surface area contributed by atoms with Crippen molar-refractivity contribution in [1.82, 2.24) is 0 Å². The van der Waals surface area contributed by atoms with Crippen molar-refractivity contribution in [1.29, 1.82) is 0 Å². The summed E-state index contributed by atoms with van der Waals surface area (Å²) < 4.78 is 17.3. The lowest BCUT2D eigenvalue weighted by atomic mass is 9.59. The van der Waals surface area contributed by atoms with Gasteiger partial charge in [0.25, 0.3) is 0 Å². The number of allylic oxidation sites excluding steroid dienone is 2. The van der Waals surface area contributed by atoms with Gasteiger partial charge >= 0.3 is 5.97 Å². The summed E-state index contributed by atoms with van der Waals surface area (Å²) in [5.74, 6) is -1.08. The number of hydrogen-bond acceptors (Lipinski definition) is 9. The lowest BCUT2D eigenvalue weighted by molar-refractivity contribution is -0.319. The maximum Gasteiger partial charge on any atom is 0.328 e. The van der Waals surface area contributed by atoms with Gasteiger partial charge in [0, 0.05) is 17.9 Å². The fourth-order valence-corrected chi connectivity index (χ4v) is 4.95. The van der Waals surface area contributed by atoms with Crippen LogP contribution >= 0.6 is 0 Å². The van der Waals surface area contributed by atoms with E-state index in [0.29, 0.717) is 12.0 Å². The first-order chi connectivity index (χ1) is 14.4. The lowest BCUT2D eigenvalue weighted by Crippen LogP contribution is -2.63. The molecule has 176 valence electrons. The molecule has 2 bridgehead atoms. The summed E-state index contributed by atoms with van der Waals surface area (Å²) in [6, 6.07) is 0. The van der Waals surface area contributed by atoms with Crippen molar-refractivity contribution in [3.05, 3.63) is 23.8 Å². The van der Waals surface area contributed by atoms with Crippen LogP contribution in [-0.2, 0) is 19.0 Å². The van der Waals surface area contributed by atoms with Crippen LogP contribution in [0.15, 0.2) is 23.8 Å². The highest BCUT2D eigenvalue weighted by Crippen LogP contribution is 2.58. The van der Waals surface area contributed by atoms with Crippen molar-refractivity contribution in [2.24, 2.45) is 5.41 Å². The summed E-state index contributed by atoms with van der Waals surface area (Å²) in [5.41, 5.74) is -2.77. The Bertz CT molecular complexity index is 728. The molecule has 0 aromatic heterocycles. The van der Waals surface area contributed by atoms with Gasteiger partial charge in [-0.05, 0) is 31.9 Å². The Balaban J connectivity index is 1.78. The molecular weight excluding hydrogens is 412 g/mol. The van der Waals surface area contributed by atoms with Crippen molar-refractivity contribution < 1.29 is 49.6 Å². The molecule has 2 unspecified atom stereocenters. The maximum atomic E-state index is 11.6. The van der Waals surface area contributed by atoms with E-state index in [1.54, 1.807) is 26.0 Å². The van der Waals surface area contributed by atoms with E-state index in [0.717, 1.165) is 6.08 Å². The molecule has 2 saturated heterocycles. The van der Waals surface area contributed by atoms with Gasteiger partial charge < -0.3 is 44.8 Å². The second kappa shape index (κ2) is 8.53. The number of aliphatic hydroxyl groups is 5. The molecule has 0 spiro atoms. The number of aliphatic hydroxyl groups excluding tert-OH is 4. The first-order valence-electron chi connectivity index (χ1n) is 10.3. The fraction of sp³-hybridized carbons (Fsp3) is 0.762. The van der Waals surface area contributed by atoms with Gasteiger partial charge in [-0.2, -0.15) is 0 Å². The topological polar surface area (TPSA) is 166 Å². The Labute approximate surface area is 180 Å². The molecule has 3 rings (SSSR count). The molecule has 6 N–H and O–H groups in total. The van der Waals surface area contributed by atoms with E-state index < -0.39 is 66.0 Å². The summed E-state index contributed by atoms with van der Waals surface area (Å²) in [4.78, 5) is 10.9. The Hall–Kier alpha value is -1.37. The Morgan fingerprint density at radius 3 is 2.42 bits per heavy atom. The molecular formula is C21H32O10. The number of carboxylic acid groups (broad SMARTS) is 1. The second-order valence-electron chi connectivity index (χ2n) is 9.27. The van der Waals surface area contributed by atoms with Crippen molar-refractivity contribution >= 4 is 5.97 Å². The minimum Gasteiger partial charge on any atom is -0.478 e. The van der Waals surface area contributed by atoms with E-state index in [2.05, 4.69) is 0 Å². The van der Waals surface area contributed by atoms with Crippen molar-refractivity contribution in [3.63, 3.8) is 0 Å². The number of aliphatic carboxylic acids is 1. The molecule has 2 aliphatic heterocycles. The van der Waals surface area contributed by atoms with Gasteiger partial charge in [0.05, 0.1) is 19.3 Å². The quantitative estimate of drug-likeness (QED) is 0.223. The molecule has 1 aliphatic carbocycles. The Morgan fingerprint density at radius 1 is 1.16 bits per heavy atom. The third-order valence-electron chi connectivity index (χ3n) is 6.84. The first kappa shape index (κ1) is 24.3. The number of ether oxygens (including phenoxy) is 3. The van der Waals surface area contributed by atoms with Crippen LogP contribution in [0.3, 0.4) is 0 Å². The summed E-state index contributed by atoms with van der Waals surface area (Å²) in [6.07, 6.45) is -2.65. The van der Waals surface area contributed by atoms with Crippen LogP contribution in [-0.4, -0.2) is 97.8 Å². The van der Waals surface area contributed by atoms with Crippen LogP contribution in [0.5, 0.6) is 0 Å². The predicted molar refractivity (Wildman–Crippen MR) is 106 cm³/mol. The number of carbonyl (C=O) groups is 1. The molecule has 1 saturated carbocycles. The van der Waals surface area contributed by atoms with E-state index >= 15 is 0 Å². The fourth-order valence-electron chi connectivity index (χ4n) is 4.95. The molecule has 10 nitrogen and oxygen atoms in total. The van der Waals surface area contributed by atoms with Crippen molar-refractivity contribution in [3.8, 4) is 0 Å². The number of hydrogen-bond donors (Lipinski definition) is 6. The molecule has 0 aromatic carbocycles. The van der Waals surface area contributed by atoms with Gasteiger partial charge in [-0.3, -0.25) is 0 Å². The molecule has 10 heteroatoms. The van der Waals surface area contributed by atoms with Gasteiger partial charge in [-0.1, -0.05) is 13.0 Å². The number of fused-ring (bicyclic) bond motifs is 2. The second-order valence-corrected chi connectivity index (χ2v) is 9.27. The average Bonchev–Trinajstić information content (AvgIpc) is 2.79. The van der Waals surface area contributed by atoms with Crippen LogP contribution < -0.4 is 0 Å². The standard InChI is InChI=1S/C21H32O10/c1-11(6-14(23)24)4-5-21(28)19(2)7-12(8-20(21,3)29-10-19)30-18-17(27)16(26)15(25)13(9-22)31-18/h4-6,12-13,15-18,22,25-28H,7-10H2,1-3H3,(H,23,24)/b5-4+,11-6-/t12-,13+,15+,16-,17+,18+,19?,20?,21-/m0/s1. The number of carboxylic acids is 1. The van der Waals surface area contributed by atoms with Gasteiger partial charge in [0.15, 0.2) is 6.29 Å². The third kappa shape index (κ3) is 4.19. The summed E-state index contributed by atoms with van der Waals surface area (Å²) in [6.45, 7) is 4.88. The van der Waals surface area contributed by atoms with Crippen LogP contribution in [0.1, 0.15) is 33.6 Å². The van der Waals surface area contributed by atoms with Crippen molar-refractivity contribution in [2.75, 3.05) is 13.2 Å². The zero-order valence-electron chi connectivity index (χ0n) is 17.8. The average molecular weight is 444 g/mol. The highest BCUT2D eigenvalue weighted by atomic mass is 16.7. The maximum absolute atomic E-state index is 11.6. The van der Waals surface area contributed by atoms with Crippen LogP contribution in [0.4, 0.5) is 0 Å². The smallest absolute Gasteiger partial charge is 0.328 e. The molecule has 0 aromatic rings. The SMILES string of the molecule is CC(=C/C(=O)O)/C=C/[C@]1(O)C2(C)COC1(C)C[C@@H](O[C@@H]1O[C@H](CO)[C@@H](O)[C@H](O)[C@H]1O)C2. The molecule has 31 heavy (non-hydrogen) atoms. The van der Waals surface area contributed by atoms with Crippen LogP contribution in [0.25, 0.3) is 0 Å². The highest BCUT2D eigenvalue weighted by Gasteiger charge is 2.67. The van der Waals surface area contributed by atoms with E-state index in [4.69, 9.17) is 19.3 Å². The summed E-state index contributed by atoms with van der Waals surface area (Å²) in [7, 11) is 0. The van der Waals surface area contributed by atoms with Crippen LogP contribution in [0.2, 0.25) is 0 Å². The van der Waals surface area contributed by atoms with Crippen LogP contribution in [0, 0.1) is 5.41 Å². The molecule has 3 aliphatic rings. The predicted octanol–water partition coefficient (Wildman–Crippen LogP) is -0.921. The van der Waals surface area contributed by atoms with Gasteiger partial charge in [0.2, 0.25) is 0 Å². The minimum absolute atomic E-state index is 0.236. The molecule has 0 amide bonds. The van der Waals surface area contributed by atoms with E-state index in [9.17, 15) is 30.3 Å². The molecule has 9 atom stereocenters. The zero-order chi connectivity index (χ0) is 23.2. The normalized spacial score (nSPS) is 48.3.